The first-order chi connectivity index (χ1) is 13.7. The van der Waals surface area contributed by atoms with E-state index in [2.05, 4.69) is 15.7 Å². The van der Waals surface area contributed by atoms with Crippen molar-refractivity contribution in [2.75, 3.05) is 13.1 Å². The van der Waals surface area contributed by atoms with Crippen LogP contribution >= 0.6 is 0 Å². The SMILES string of the molecule is CC(NC(=O)c1ccn(C2CCCNC2)n1)(c1ccccc1)c1ccccc1. The largest absolute Gasteiger partial charge is 0.337 e. The number of benzene rings is 2. The highest BCUT2D eigenvalue weighted by Gasteiger charge is 2.31. The first kappa shape index (κ1) is 18.4. The number of carbonyl (C=O) groups excluding carboxylic acids is 1. The molecule has 1 aliphatic heterocycles. The van der Waals surface area contributed by atoms with E-state index in [0.29, 0.717) is 11.7 Å². The minimum absolute atomic E-state index is 0.169. The van der Waals surface area contributed by atoms with Gasteiger partial charge in [-0.25, -0.2) is 0 Å². The molecular weight excluding hydrogens is 348 g/mol. The van der Waals surface area contributed by atoms with Gasteiger partial charge in [0.2, 0.25) is 0 Å². The number of rotatable bonds is 5. The molecule has 5 nitrogen and oxygen atoms in total. The molecule has 1 fully saturated rings. The van der Waals surface area contributed by atoms with E-state index in [4.69, 9.17) is 0 Å². The quantitative estimate of drug-likeness (QED) is 0.719. The van der Waals surface area contributed by atoms with Crippen molar-refractivity contribution >= 4 is 5.91 Å². The van der Waals surface area contributed by atoms with Gasteiger partial charge in [-0.3, -0.25) is 9.48 Å². The molecule has 2 N–H and O–H groups in total. The van der Waals surface area contributed by atoms with E-state index in [0.717, 1.165) is 37.1 Å². The lowest BCUT2D eigenvalue weighted by molar-refractivity contribution is 0.0912. The van der Waals surface area contributed by atoms with Crippen molar-refractivity contribution in [1.82, 2.24) is 20.4 Å². The summed E-state index contributed by atoms with van der Waals surface area (Å²) in [4.78, 5) is 13.1. The topological polar surface area (TPSA) is 59.0 Å². The second-order valence-electron chi connectivity index (χ2n) is 7.49. The number of hydrogen-bond donors (Lipinski definition) is 2. The molecule has 0 bridgehead atoms. The average molecular weight is 374 g/mol. The molecule has 144 valence electrons. The van der Waals surface area contributed by atoms with Crippen LogP contribution in [0.15, 0.2) is 72.9 Å². The molecule has 0 aliphatic carbocycles. The first-order valence-corrected chi connectivity index (χ1v) is 9.86. The van der Waals surface area contributed by atoms with Crippen LogP contribution in [-0.4, -0.2) is 28.8 Å². The fraction of sp³-hybridized carbons (Fsp3) is 0.304. The maximum Gasteiger partial charge on any atom is 0.272 e. The Morgan fingerprint density at radius 3 is 2.29 bits per heavy atom. The summed E-state index contributed by atoms with van der Waals surface area (Å²) >= 11 is 0. The van der Waals surface area contributed by atoms with E-state index < -0.39 is 5.54 Å². The number of hydrogen-bond acceptors (Lipinski definition) is 3. The number of aromatic nitrogens is 2. The van der Waals surface area contributed by atoms with Gasteiger partial charge in [0.25, 0.3) is 5.91 Å². The van der Waals surface area contributed by atoms with Crippen LogP contribution < -0.4 is 10.6 Å². The first-order valence-electron chi connectivity index (χ1n) is 9.86. The van der Waals surface area contributed by atoms with E-state index >= 15 is 0 Å². The van der Waals surface area contributed by atoms with Crippen molar-refractivity contribution in [1.29, 1.82) is 0 Å². The average Bonchev–Trinajstić information content (AvgIpc) is 3.26. The molecule has 0 saturated carbocycles. The van der Waals surface area contributed by atoms with Gasteiger partial charge in [-0.2, -0.15) is 5.10 Å². The third kappa shape index (κ3) is 3.71. The number of amides is 1. The highest BCUT2D eigenvalue weighted by molar-refractivity contribution is 5.93. The van der Waals surface area contributed by atoms with E-state index in [1.807, 2.05) is 78.5 Å². The summed E-state index contributed by atoms with van der Waals surface area (Å²) in [5, 5.41) is 11.2. The van der Waals surface area contributed by atoms with Crippen LogP contribution in [0.3, 0.4) is 0 Å². The zero-order valence-corrected chi connectivity index (χ0v) is 16.1. The van der Waals surface area contributed by atoms with Crippen molar-refractivity contribution in [3.05, 3.63) is 89.7 Å². The highest BCUT2D eigenvalue weighted by atomic mass is 16.2. The fourth-order valence-electron chi connectivity index (χ4n) is 3.87. The standard InChI is InChI=1S/C23H26N4O/c1-23(18-9-4-2-5-10-18,19-11-6-3-7-12-19)25-22(28)21-14-16-27(26-21)20-13-8-15-24-17-20/h2-7,9-12,14,16,20,24H,8,13,15,17H2,1H3,(H,25,28). The molecule has 0 radical (unpaired) electrons. The Bertz CT molecular complexity index is 875. The highest BCUT2D eigenvalue weighted by Crippen LogP contribution is 2.29. The number of nitrogens with zero attached hydrogens (tertiary/aromatic N) is 2. The normalized spacial score (nSPS) is 17.2. The van der Waals surface area contributed by atoms with Crippen LogP contribution in [0.2, 0.25) is 0 Å². The smallest absolute Gasteiger partial charge is 0.272 e. The van der Waals surface area contributed by atoms with E-state index in [1.165, 1.54) is 0 Å². The number of nitrogens with one attached hydrogen (secondary N) is 2. The lowest BCUT2D eigenvalue weighted by atomic mass is 9.84. The molecule has 1 amide bonds. The Hall–Kier alpha value is -2.92. The molecule has 3 aromatic rings. The molecule has 1 unspecified atom stereocenters. The van der Waals surface area contributed by atoms with Crippen LogP contribution in [0.1, 0.15) is 47.4 Å². The summed E-state index contributed by atoms with van der Waals surface area (Å²) in [6.45, 7) is 3.99. The summed E-state index contributed by atoms with van der Waals surface area (Å²) in [5.74, 6) is -0.169. The number of piperidine rings is 1. The Kier molecular flexibility index (Phi) is 5.26. The van der Waals surface area contributed by atoms with Gasteiger partial charge >= 0.3 is 0 Å². The summed E-state index contributed by atoms with van der Waals surface area (Å²) in [6.07, 6.45) is 4.13. The molecule has 2 aromatic carbocycles. The predicted molar refractivity (Wildman–Crippen MR) is 110 cm³/mol. The zero-order chi connectivity index (χ0) is 19.4. The minimum Gasteiger partial charge on any atom is -0.337 e. The van der Waals surface area contributed by atoms with E-state index in [-0.39, 0.29) is 5.91 Å². The Labute approximate surface area is 165 Å². The molecule has 1 aliphatic rings. The van der Waals surface area contributed by atoms with Crippen LogP contribution in [0.4, 0.5) is 0 Å². The third-order valence-corrected chi connectivity index (χ3v) is 5.55. The Morgan fingerprint density at radius 2 is 1.71 bits per heavy atom. The van der Waals surface area contributed by atoms with Gasteiger partial charge in [-0.05, 0) is 43.5 Å². The fourth-order valence-corrected chi connectivity index (χ4v) is 3.87. The maximum atomic E-state index is 13.1. The van der Waals surface area contributed by atoms with E-state index in [1.54, 1.807) is 6.07 Å². The second kappa shape index (κ2) is 7.98. The molecule has 5 heteroatoms. The van der Waals surface area contributed by atoms with Crippen LogP contribution in [0, 0.1) is 0 Å². The van der Waals surface area contributed by atoms with Gasteiger partial charge in [-0.15, -0.1) is 0 Å². The van der Waals surface area contributed by atoms with Gasteiger partial charge in [0.15, 0.2) is 0 Å². The zero-order valence-electron chi connectivity index (χ0n) is 16.1. The van der Waals surface area contributed by atoms with Crippen molar-refractivity contribution in [3.8, 4) is 0 Å². The van der Waals surface area contributed by atoms with Crippen molar-refractivity contribution in [2.24, 2.45) is 0 Å². The van der Waals surface area contributed by atoms with Crippen molar-refractivity contribution < 1.29 is 4.79 Å². The summed E-state index contributed by atoms with van der Waals surface area (Å²) in [7, 11) is 0. The van der Waals surface area contributed by atoms with Crippen molar-refractivity contribution in [2.45, 2.75) is 31.3 Å². The van der Waals surface area contributed by atoms with E-state index in [9.17, 15) is 4.79 Å². The Balaban J connectivity index is 1.61. The molecule has 28 heavy (non-hydrogen) atoms. The maximum absolute atomic E-state index is 13.1. The van der Waals surface area contributed by atoms with Crippen LogP contribution in [-0.2, 0) is 5.54 Å². The molecule has 2 heterocycles. The van der Waals surface area contributed by atoms with Gasteiger partial charge in [0.1, 0.15) is 5.69 Å². The lowest BCUT2D eigenvalue weighted by Gasteiger charge is -2.32. The summed E-state index contributed by atoms with van der Waals surface area (Å²) < 4.78 is 1.92. The molecule has 1 atom stereocenters. The van der Waals surface area contributed by atoms with Crippen molar-refractivity contribution in [3.63, 3.8) is 0 Å². The predicted octanol–water partition coefficient (Wildman–Crippen LogP) is 3.50. The lowest BCUT2D eigenvalue weighted by Crippen LogP contribution is -2.44. The van der Waals surface area contributed by atoms with Crippen LogP contribution in [0.5, 0.6) is 0 Å². The van der Waals surface area contributed by atoms with Gasteiger partial charge < -0.3 is 10.6 Å². The Morgan fingerprint density at radius 1 is 1.07 bits per heavy atom. The molecule has 1 aromatic heterocycles. The minimum atomic E-state index is -0.643. The van der Waals surface area contributed by atoms with Crippen LogP contribution in [0.25, 0.3) is 0 Å². The third-order valence-electron chi connectivity index (χ3n) is 5.55. The molecule has 0 spiro atoms. The number of carbonyl (C=O) groups is 1. The van der Waals surface area contributed by atoms with Gasteiger partial charge in [0.05, 0.1) is 11.6 Å². The summed E-state index contributed by atoms with van der Waals surface area (Å²) in [5.41, 5.74) is 1.87. The second-order valence-corrected chi connectivity index (χ2v) is 7.49. The molecule has 4 rings (SSSR count). The monoisotopic (exact) mass is 374 g/mol. The summed E-state index contributed by atoms with van der Waals surface area (Å²) in [6, 6.07) is 22.2. The molecule has 1 saturated heterocycles. The van der Waals surface area contributed by atoms with Gasteiger partial charge in [-0.1, -0.05) is 60.7 Å². The van der Waals surface area contributed by atoms with Gasteiger partial charge in [0, 0.05) is 12.7 Å². The molecular formula is C23H26N4O.